The summed E-state index contributed by atoms with van der Waals surface area (Å²) in [6.45, 7) is 5.41. The molecule has 7 nitrogen and oxygen atoms in total. The molecule has 0 saturated carbocycles. The molecule has 1 atom stereocenters. The number of aryl methyl sites for hydroxylation is 2. The Balaban J connectivity index is 1.49. The van der Waals surface area contributed by atoms with Crippen molar-refractivity contribution in [1.82, 2.24) is 10.3 Å². The maximum Gasteiger partial charge on any atom is 0.229 e. The summed E-state index contributed by atoms with van der Waals surface area (Å²) in [5, 5.41) is 15.0. The monoisotopic (exact) mass is 451 g/mol. The number of hydrogen-bond donors (Lipinski definition) is 4. The minimum atomic E-state index is -3.46. The van der Waals surface area contributed by atoms with E-state index >= 15 is 0 Å². The highest BCUT2D eigenvalue weighted by atomic mass is 35.5. The molecule has 0 aliphatic rings. The van der Waals surface area contributed by atoms with Crippen LogP contribution in [-0.2, 0) is 10.0 Å². The molecule has 4 N–H and O–H groups in total. The van der Waals surface area contributed by atoms with E-state index < -0.39 is 16.1 Å². The van der Waals surface area contributed by atoms with E-state index in [0.29, 0.717) is 18.7 Å². The second-order valence-corrected chi connectivity index (χ2v) is 9.42. The molecule has 1 unspecified atom stereocenters. The third-order valence-electron chi connectivity index (χ3n) is 4.84. The number of halogens is 1. The van der Waals surface area contributed by atoms with Crippen LogP contribution in [0.2, 0.25) is 5.02 Å². The summed E-state index contributed by atoms with van der Waals surface area (Å²) in [6.07, 6.45) is 0.229. The van der Waals surface area contributed by atoms with Gasteiger partial charge in [-0.25, -0.2) is 8.42 Å². The summed E-state index contributed by atoms with van der Waals surface area (Å²) in [7, 11) is -3.46. The van der Waals surface area contributed by atoms with Gasteiger partial charge in [0.1, 0.15) is 12.4 Å². The summed E-state index contributed by atoms with van der Waals surface area (Å²) >= 11 is 6.01. The van der Waals surface area contributed by atoms with Crippen molar-refractivity contribution < 1.29 is 18.3 Å². The molecule has 0 amide bonds. The van der Waals surface area contributed by atoms with Crippen molar-refractivity contribution >= 4 is 38.2 Å². The van der Waals surface area contributed by atoms with E-state index in [1.54, 1.807) is 12.1 Å². The van der Waals surface area contributed by atoms with E-state index in [-0.39, 0.29) is 17.3 Å². The molecule has 9 heteroatoms. The fourth-order valence-corrected chi connectivity index (χ4v) is 3.96. The smallest absolute Gasteiger partial charge is 0.229 e. The molecule has 30 heavy (non-hydrogen) atoms. The van der Waals surface area contributed by atoms with Crippen molar-refractivity contribution in [2.45, 2.75) is 20.0 Å². The van der Waals surface area contributed by atoms with Gasteiger partial charge in [-0.1, -0.05) is 17.7 Å². The number of aliphatic hydroxyl groups excluding tert-OH is 1. The van der Waals surface area contributed by atoms with Gasteiger partial charge in [-0.3, -0.25) is 4.72 Å². The molecule has 0 aliphatic carbocycles. The topological polar surface area (TPSA) is 103 Å². The van der Waals surface area contributed by atoms with Gasteiger partial charge < -0.3 is 20.1 Å². The van der Waals surface area contributed by atoms with Gasteiger partial charge in [0.15, 0.2) is 0 Å². The van der Waals surface area contributed by atoms with Crippen LogP contribution in [0.1, 0.15) is 22.9 Å². The Kier molecular flexibility index (Phi) is 6.92. The van der Waals surface area contributed by atoms with E-state index in [0.717, 1.165) is 23.2 Å². The number of ether oxygens (including phenoxy) is 1. The predicted octanol–water partition coefficient (Wildman–Crippen LogP) is 3.51. The van der Waals surface area contributed by atoms with Gasteiger partial charge in [0.25, 0.3) is 0 Å². The number of anilines is 1. The number of fused-ring (bicyclic) bond motifs is 1. The van der Waals surface area contributed by atoms with Gasteiger partial charge in [-0.05, 0) is 49.2 Å². The zero-order valence-electron chi connectivity index (χ0n) is 17.1. The zero-order valence-corrected chi connectivity index (χ0v) is 18.7. The molecule has 3 rings (SSSR count). The molecule has 1 aromatic heterocycles. The van der Waals surface area contributed by atoms with Crippen LogP contribution in [-0.4, -0.2) is 44.5 Å². The van der Waals surface area contributed by atoms with Crippen molar-refractivity contribution in [2.24, 2.45) is 0 Å². The number of nitrogens with one attached hydrogen (secondary N) is 3. The summed E-state index contributed by atoms with van der Waals surface area (Å²) < 4.78 is 31.0. The normalized spacial score (nSPS) is 12.8. The zero-order chi connectivity index (χ0) is 21.9. The van der Waals surface area contributed by atoms with Gasteiger partial charge in [0.05, 0.1) is 23.1 Å². The molecule has 0 spiro atoms. The number of aromatic amines is 1. The van der Waals surface area contributed by atoms with Crippen molar-refractivity contribution in [2.75, 3.05) is 30.7 Å². The lowest BCUT2D eigenvalue weighted by Gasteiger charge is -2.15. The van der Waals surface area contributed by atoms with Crippen LogP contribution in [0.4, 0.5) is 5.69 Å². The second kappa shape index (κ2) is 9.26. The summed E-state index contributed by atoms with van der Waals surface area (Å²) in [5.41, 5.74) is 4.23. The SMILES string of the molecule is Cc1[nH]c2cc(OCCNCC(O)c3ccc(Cl)c(NS(C)(=O)=O)c3)ccc2c1C. The molecule has 1 heterocycles. The van der Waals surface area contributed by atoms with E-state index in [2.05, 4.69) is 21.9 Å². The van der Waals surface area contributed by atoms with E-state index in [9.17, 15) is 13.5 Å². The van der Waals surface area contributed by atoms with Crippen LogP contribution in [0.25, 0.3) is 10.9 Å². The summed E-state index contributed by atoms with van der Waals surface area (Å²) in [6, 6.07) is 10.7. The van der Waals surface area contributed by atoms with Gasteiger partial charge >= 0.3 is 0 Å². The lowest BCUT2D eigenvalue weighted by molar-refractivity contribution is 0.172. The van der Waals surface area contributed by atoms with Gasteiger partial charge in [0.2, 0.25) is 10.0 Å². The Morgan fingerprint density at radius 2 is 1.97 bits per heavy atom. The molecule has 3 aromatic rings. The highest BCUT2D eigenvalue weighted by Gasteiger charge is 2.12. The van der Waals surface area contributed by atoms with Gasteiger partial charge in [-0.2, -0.15) is 0 Å². The van der Waals surface area contributed by atoms with Gasteiger partial charge in [0, 0.05) is 35.8 Å². The Morgan fingerprint density at radius 1 is 1.20 bits per heavy atom. The first kappa shape index (κ1) is 22.4. The number of H-pyrrole nitrogens is 1. The Labute approximate surface area is 181 Å². The van der Waals surface area contributed by atoms with E-state index in [4.69, 9.17) is 16.3 Å². The maximum absolute atomic E-state index is 11.4. The number of benzene rings is 2. The highest BCUT2D eigenvalue weighted by Crippen LogP contribution is 2.27. The first-order valence-corrected chi connectivity index (χ1v) is 11.8. The Bertz CT molecular complexity index is 1140. The molecular formula is C21H26ClN3O4S. The van der Waals surface area contributed by atoms with Crippen LogP contribution in [0.15, 0.2) is 36.4 Å². The largest absolute Gasteiger partial charge is 0.492 e. The molecule has 2 aromatic carbocycles. The summed E-state index contributed by atoms with van der Waals surface area (Å²) in [4.78, 5) is 3.34. The lowest BCUT2D eigenvalue weighted by atomic mass is 10.1. The average Bonchev–Trinajstić information content (AvgIpc) is 2.95. The standard InChI is InChI=1S/C21H26ClN3O4S/c1-13-14(2)24-19-11-16(5-6-17(13)19)29-9-8-23-12-21(26)15-4-7-18(22)20(10-15)25-30(3,27)28/h4-7,10-11,21,23-26H,8-9,12H2,1-3H3. The van der Waals surface area contributed by atoms with Crippen molar-refractivity contribution in [3.8, 4) is 5.75 Å². The van der Waals surface area contributed by atoms with Crippen LogP contribution in [0.3, 0.4) is 0 Å². The Hall–Kier alpha value is -2.26. The molecule has 0 bridgehead atoms. The lowest BCUT2D eigenvalue weighted by Crippen LogP contribution is -2.26. The molecule has 0 fully saturated rings. The molecular weight excluding hydrogens is 426 g/mol. The average molecular weight is 452 g/mol. The Morgan fingerprint density at radius 3 is 2.70 bits per heavy atom. The third-order valence-corrected chi connectivity index (χ3v) is 5.76. The minimum absolute atomic E-state index is 0.240. The molecule has 0 radical (unpaired) electrons. The number of aliphatic hydroxyl groups is 1. The van der Waals surface area contributed by atoms with Crippen LogP contribution < -0.4 is 14.8 Å². The van der Waals surface area contributed by atoms with Crippen LogP contribution >= 0.6 is 11.6 Å². The minimum Gasteiger partial charge on any atom is -0.492 e. The number of sulfonamides is 1. The predicted molar refractivity (Wildman–Crippen MR) is 121 cm³/mol. The van der Waals surface area contributed by atoms with E-state index in [1.807, 2.05) is 25.1 Å². The first-order chi connectivity index (χ1) is 14.1. The fraction of sp³-hybridized carbons (Fsp3) is 0.333. The van der Waals surface area contributed by atoms with Crippen LogP contribution in [0, 0.1) is 13.8 Å². The summed E-state index contributed by atoms with van der Waals surface area (Å²) in [5.74, 6) is 0.778. The maximum atomic E-state index is 11.4. The third kappa shape index (κ3) is 5.66. The van der Waals surface area contributed by atoms with E-state index in [1.165, 1.54) is 17.0 Å². The molecule has 0 aliphatic heterocycles. The number of rotatable bonds is 9. The van der Waals surface area contributed by atoms with Crippen LogP contribution in [0.5, 0.6) is 5.75 Å². The van der Waals surface area contributed by atoms with Crippen molar-refractivity contribution in [1.29, 1.82) is 0 Å². The van der Waals surface area contributed by atoms with Crippen molar-refractivity contribution in [3.05, 3.63) is 58.2 Å². The van der Waals surface area contributed by atoms with Gasteiger partial charge in [-0.15, -0.1) is 0 Å². The quantitative estimate of drug-likeness (QED) is 0.373. The first-order valence-electron chi connectivity index (χ1n) is 9.52. The molecule has 162 valence electrons. The fourth-order valence-electron chi connectivity index (χ4n) is 3.17. The number of hydrogen-bond acceptors (Lipinski definition) is 5. The molecule has 0 saturated heterocycles. The second-order valence-electron chi connectivity index (χ2n) is 7.26. The highest BCUT2D eigenvalue weighted by molar-refractivity contribution is 7.92. The number of aromatic nitrogens is 1. The van der Waals surface area contributed by atoms with Crippen molar-refractivity contribution in [3.63, 3.8) is 0 Å².